The summed E-state index contributed by atoms with van der Waals surface area (Å²) in [5.74, 6) is 0.726. The van der Waals surface area contributed by atoms with Crippen molar-refractivity contribution in [2.45, 2.75) is 12.8 Å². The van der Waals surface area contributed by atoms with Crippen molar-refractivity contribution in [2.75, 3.05) is 45.2 Å². The Hall–Kier alpha value is -1.85. The molecule has 1 N–H and O–H groups in total. The Bertz CT molecular complexity index is 743. The van der Waals surface area contributed by atoms with Crippen LogP contribution in [0.5, 0.6) is 0 Å². The fourth-order valence-electron chi connectivity index (χ4n) is 3.53. The van der Waals surface area contributed by atoms with Gasteiger partial charge in [0.25, 0.3) is 0 Å². The topological polar surface area (TPSA) is 48.5 Å². The molecule has 0 spiro atoms. The molecule has 1 aliphatic rings. The van der Waals surface area contributed by atoms with Crippen LogP contribution >= 0.6 is 11.6 Å². The fraction of sp³-hybridized carbons (Fsp3) is 0.474. The van der Waals surface area contributed by atoms with Crippen LogP contribution in [0, 0.1) is 5.92 Å². The molecule has 134 valence electrons. The highest BCUT2D eigenvalue weighted by molar-refractivity contribution is 6.31. The van der Waals surface area contributed by atoms with Gasteiger partial charge in [0.2, 0.25) is 5.91 Å². The molecule has 1 aliphatic heterocycles. The van der Waals surface area contributed by atoms with Gasteiger partial charge >= 0.3 is 0 Å². The number of halogens is 1. The summed E-state index contributed by atoms with van der Waals surface area (Å²) in [4.78, 5) is 20.5. The highest BCUT2D eigenvalue weighted by Crippen LogP contribution is 2.29. The minimum absolute atomic E-state index is 0.0932. The Kier molecular flexibility index (Phi) is 5.76. The van der Waals surface area contributed by atoms with Gasteiger partial charge in [0, 0.05) is 42.9 Å². The number of hydrogen-bond acceptors (Lipinski definition) is 4. The highest BCUT2D eigenvalue weighted by atomic mass is 35.5. The Morgan fingerprint density at radius 2 is 2.12 bits per heavy atom. The van der Waals surface area contributed by atoms with Crippen LogP contribution < -0.4 is 10.2 Å². The number of carbonyl (C=O) groups excluding carboxylic acids is 1. The number of nitrogens with one attached hydrogen (secondary N) is 1. The largest absolute Gasteiger partial charge is 0.374 e. The van der Waals surface area contributed by atoms with Crippen molar-refractivity contribution >= 4 is 34.1 Å². The van der Waals surface area contributed by atoms with Gasteiger partial charge in [-0.25, -0.2) is 0 Å². The SMILES string of the molecule is CNC(=O)CN1CCC(CN(C)c2ccnc3ccc(Cl)cc23)CC1. The molecule has 0 saturated carbocycles. The van der Waals surface area contributed by atoms with Crippen LogP contribution in [0.1, 0.15) is 12.8 Å². The maximum atomic E-state index is 11.5. The monoisotopic (exact) mass is 360 g/mol. The molecule has 0 radical (unpaired) electrons. The van der Waals surface area contributed by atoms with E-state index in [0.29, 0.717) is 12.5 Å². The average molecular weight is 361 g/mol. The van der Waals surface area contributed by atoms with E-state index in [0.717, 1.165) is 48.4 Å². The van der Waals surface area contributed by atoms with Crippen molar-refractivity contribution in [1.82, 2.24) is 15.2 Å². The van der Waals surface area contributed by atoms with E-state index >= 15 is 0 Å². The molecule has 1 fully saturated rings. The van der Waals surface area contributed by atoms with E-state index in [1.807, 2.05) is 24.4 Å². The Balaban J connectivity index is 1.63. The molecule has 5 nitrogen and oxygen atoms in total. The number of rotatable bonds is 5. The van der Waals surface area contributed by atoms with E-state index in [1.165, 1.54) is 5.69 Å². The first-order chi connectivity index (χ1) is 12.1. The molecule has 2 heterocycles. The third-order valence-electron chi connectivity index (χ3n) is 4.98. The zero-order valence-electron chi connectivity index (χ0n) is 14.8. The van der Waals surface area contributed by atoms with Crippen molar-refractivity contribution in [3.05, 3.63) is 35.5 Å². The molecule has 3 rings (SSSR count). The number of fused-ring (bicyclic) bond motifs is 1. The van der Waals surface area contributed by atoms with Crippen LogP contribution in [0.2, 0.25) is 5.02 Å². The Labute approximate surface area is 154 Å². The maximum Gasteiger partial charge on any atom is 0.233 e. The lowest BCUT2D eigenvalue weighted by atomic mass is 9.96. The summed E-state index contributed by atoms with van der Waals surface area (Å²) in [6, 6.07) is 7.89. The van der Waals surface area contributed by atoms with Crippen molar-refractivity contribution in [2.24, 2.45) is 5.92 Å². The van der Waals surface area contributed by atoms with Gasteiger partial charge < -0.3 is 10.2 Å². The molecule has 0 bridgehead atoms. The molecule has 25 heavy (non-hydrogen) atoms. The zero-order valence-corrected chi connectivity index (χ0v) is 15.6. The average Bonchev–Trinajstić information content (AvgIpc) is 2.62. The summed E-state index contributed by atoms with van der Waals surface area (Å²) >= 11 is 6.17. The maximum absolute atomic E-state index is 11.5. The van der Waals surface area contributed by atoms with Gasteiger partial charge in [0.05, 0.1) is 12.1 Å². The first-order valence-electron chi connectivity index (χ1n) is 8.75. The number of piperidine rings is 1. The summed E-state index contributed by atoms with van der Waals surface area (Å²) in [5.41, 5.74) is 2.13. The second kappa shape index (κ2) is 8.02. The second-order valence-electron chi connectivity index (χ2n) is 6.76. The van der Waals surface area contributed by atoms with Crippen molar-refractivity contribution < 1.29 is 4.79 Å². The number of aromatic nitrogens is 1. The van der Waals surface area contributed by atoms with Crippen molar-refractivity contribution in [3.8, 4) is 0 Å². The van der Waals surface area contributed by atoms with Gasteiger partial charge in [0.15, 0.2) is 0 Å². The number of pyridine rings is 1. The molecule has 1 saturated heterocycles. The number of benzene rings is 1. The number of anilines is 1. The van der Waals surface area contributed by atoms with E-state index in [1.54, 1.807) is 7.05 Å². The smallest absolute Gasteiger partial charge is 0.233 e. The van der Waals surface area contributed by atoms with E-state index in [4.69, 9.17) is 11.6 Å². The standard InChI is InChI=1S/C19H25ClN4O/c1-21-19(25)13-24-9-6-14(7-10-24)12-23(2)18-5-8-22-17-4-3-15(20)11-16(17)18/h3-5,8,11,14H,6-7,9-10,12-13H2,1-2H3,(H,21,25). The predicted octanol–water partition coefficient (Wildman–Crippen LogP) is 2.78. The Morgan fingerprint density at radius 1 is 1.36 bits per heavy atom. The number of amides is 1. The first-order valence-corrected chi connectivity index (χ1v) is 9.13. The number of likely N-dealkylation sites (tertiary alicyclic amines) is 1. The number of carbonyl (C=O) groups is 1. The van der Waals surface area contributed by atoms with Crippen LogP contribution in [0.3, 0.4) is 0 Å². The molecule has 6 heteroatoms. The van der Waals surface area contributed by atoms with Crippen LogP contribution in [0.4, 0.5) is 5.69 Å². The van der Waals surface area contributed by atoms with Gasteiger partial charge in [-0.05, 0) is 56.1 Å². The predicted molar refractivity (Wildman–Crippen MR) is 103 cm³/mol. The minimum Gasteiger partial charge on any atom is -0.374 e. The number of likely N-dealkylation sites (N-methyl/N-ethyl adjacent to an activating group) is 1. The minimum atomic E-state index is 0.0932. The van der Waals surface area contributed by atoms with Gasteiger partial charge in [-0.1, -0.05) is 11.6 Å². The highest BCUT2D eigenvalue weighted by Gasteiger charge is 2.22. The summed E-state index contributed by atoms with van der Waals surface area (Å²) < 4.78 is 0. The van der Waals surface area contributed by atoms with Gasteiger partial charge in [0.1, 0.15) is 0 Å². The molecule has 1 amide bonds. The van der Waals surface area contributed by atoms with Crippen LogP contribution in [-0.4, -0.2) is 56.1 Å². The molecule has 0 aliphatic carbocycles. The van der Waals surface area contributed by atoms with E-state index in [2.05, 4.69) is 33.2 Å². The third kappa shape index (κ3) is 4.41. The first kappa shape index (κ1) is 18.0. The van der Waals surface area contributed by atoms with Crippen LogP contribution in [0.15, 0.2) is 30.5 Å². The molecule has 1 aromatic heterocycles. The van der Waals surface area contributed by atoms with E-state index in [9.17, 15) is 4.79 Å². The second-order valence-corrected chi connectivity index (χ2v) is 7.20. The quantitative estimate of drug-likeness (QED) is 0.890. The summed E-state index contributed by atoms with van der Waals surface area (Å²) in [6.45, 7) is 3.47. The lowest BCUT2D eigenvalue weighted by Gasteiger charge is -2.34. The van der Waals surface area contributed by atoms with Gasteiger partial charge in [-0.3, -0.25) is 14.7 Å². The Morgan fingerprint density at radius 3 is 2.84 bits per heavy atom. The number of hydrogen-bond donors (Lipinski definition) is 1. The van der Waals surface area contributed by atoms with Crippen molar-refractivity contribution in [1.29, 1.82) is 0 Å². The lowest BCUT2D eigenvalue weighted by Crippen LogP contribution is -2.42. The molecular weight excluding hydrogens is 336 g/mol. The van der Waals surface area contributed by atoms with Crippen LogP contribution in [0.25, 0.3) is 10.9 Å². The van der Waals surface area contributed by atoms with Crippen molar-refractivity contribution in [3.63, 3.8) is 0 Å². The lowest BCUT2D eigenvalue weighted by molar-refractivity contribution is -0.122. The van der Waals surface area contributed by atoms with Gasteiger partial charge in [-0.2, -0.15) is 0 Å². The fourth-order valence-corrected chi connectivity index (χ4v) is 3.70. The summed E-state index contributed by atoms with van der Waals surface area (Å²) in [6.07, 6.45) is 4.09. The third-order valence-corrected chi connectivity index (χ3v) is 5.21. The molecule has 0 unspecified atom stereocenters. The van der Waals surface area contributed by atoms with Gasteiger partial charge in [-0.15, -0.1) is 0 Å². The normalized spacial score (nSPS) is 16.1. The number of nitrogens with zero attached hydrogens (tertiary/aromatic N) is 3. The summed E-state index contributed by atoms with van der Waals surface area (Å²) in [5, 5.41) is 4.52. The van der Waals surface area contributed by atoms with E-state index in [-0.39, 0.29) is 5.91 Å². The molecule has 1 aromatic carbocycles. The molecule has 0 atom stereocenters. The molecular formula is C19H25ClN4O. The zero-order chi connectivity index (χ0) is 17.8. The van der Waals surface area contributed by atoms with Crippen LogP contribution in [-0.2, 0) is 4.79 Å². The molecule has 2 aromatic rings. The van der Waals surface area contributed by atoms with E-state index < -0.39 is 0 Å². The summed E-state index contributed by atoms with van der Waals surface area (Å²) in [7, 11) is 3.82.